The Bertz CT molecular complexity index is 289. The first kappa shape index (κ1) is 11.5. The zero-order valence-corrected chi connectivity index (χ0v) is 8.57. The summed E-state index contributed by atoms with van der Waals surface area (Å²) in [5, 5.41) is 5.43. The van der Waals surface area contributed by atoms with Crippen LogP contribution in [0.1, 0.15) is 12.0 Å². The van der Waals surface area contributed by atoms with Crippen LogP contribution >= 0.6 is 0 Å². The van der Waals surface area contributed by atoms with E-state index < -0.39 is 0 Å². The highest BCUT2D eigenvalue weighted by Crippen LogP contribution is 1.93. The van der Waals surface area contributed by atoms with Gasteiger partial charge in [0.25, 0.3) is 0 Å². The van der Waals surface area contributed by atoms with Crippen molar-refractivity contribution >= 4 is 6.03 Å². The van der Waals surface area contributed by atoms with Crippen LogP contribution in [0.2, 0.25) is 0 Å². The van der Waals surface area contributed by atoms with Crippen molar-refractivity contribution in [3.05, 3.63) is 30.1 Å². The van der Waals surface area contributed by atoms with Crippen molar-refractivity contribution in [2.24, 2.45) is 5.73 Å². The normalized spacial score (nSPS) is 9.67. The summed E-state index contributed by atoms with van der Waals surface area (Å²) >= 11 is 0. The van der Waals surface area contributed by atoms with Gasteiger partial charge in [0, 0.05) is 25.5 Å². The van der Waals surface area contributed by atoms with Crippen molar-refractivity contribution in [2.45, 2.75) is 13.0 Å². The first-order chi connectivity index (χ1) is 7.33. The van der Waals surface area contributed by atoms with E-state index >= 15 is 0 Å². The van der Waals surface area contributed by atoms with Gasteiger partial charge in [-0.3, -0.25) is 4.98 Å². The van der Waals surface area contributed by atoms with Crippen molar-refractivity contribution in [3.63, 3.8) is 0 Å². The monoisotopic (exact) mass is 208 g/mol. The van der Waals surface area contributed by atoms with E-state index in [-0.39, 0.29) is 6.03 Å². The van der Waals surface area contributed by atoms with E-state index in [0.717, 1.165) is 12.0 Å². The number of nitrogens with one attached hydrogen (secondary N) is 2. The Balaban J connectivity index is 2.17. The summed E-state index contributed by atoms with van der Waals surface area (Å²) in [5.74, 6) is 0. The van der Waals surface area contributed by atoms with Crippen LogP contribution in [0.5, 0.6) is 0 Å². The molecule has 82 valence electrons. The molecule has 4 N–H and O–H groups in total. The number of carbonyl (C=O) groups is 1. The molecule has 2 amide bonds. The van der Waals surface area contributed by atoms with Gasteiger partial charge in [0.15, 0.2) is 0 Å². The fraction of sp³-hybridized carbons (Fsp3) is 0.400. The number of urea groups is 1. The maximum absolute atomic E-state index is 11.2. The van der Waals surface area contributed by atoms with Gasteiger partial charge >= 0.3 is 6.03 Å². The molecule has 0 aliphatic carbocycles. The fourth-order valence-electron chi connectivity index (χ4n) is 1.05. The third-order valence-electron chi connectivity index (χ3n) is 1.84. The van der Waals surface area contributed by atoms with Gasteiger partial charge in [0.2, 0.25) is 0 Å². The van der Waals surface area contributed by atoms with Crippen molar-refractivity contribution in [1.29, 1.82) is 0 Å². The molecule has 0 bridgehead atoms. The fourth-order valence-corrected chi connectivity index (χ4v) is 1.05. The molecule has 0 unspecified atom stereocenters. The van der Waals surface area contributed by atoms with Crippen molar-refractivity contribution in [2.75, 3.05) is 13.1 Å². The lowest BCUT2D eigenvalue weighted by molar-refractivity contribution is 0.240. The second-order valence-corrected chi connectivity index (χ2v) is 3.11. The molecular weight excluding hydrogens is 192 g/mol. The van der Waals surface area contributed by atoms with E-state index in [2.05, 4.69) is 15.6 Å². The maximum Gasteiger partial charge on any atom is 0.315 e. The lowest BCUT2D eigenvalue weighted by Gasteiger charge is -2.06. The Morgan fingerprint density at radius 3 is 3.00 bits per heavy atom. The van der Waals surface area contributed by atoms with Gasteiger partial charge in [-0.25, -0.2) is 4.79 Å². The number of carbonyl (C=O) groups excluding carboxylic acids is 1. The Hall–Kier alpha value is -1.62. The lowest BCUT2D eigenvalue weighted by atomic mass is 10.3. The molecule has 1 aromatic heterocycles. The SMILES string of the molecule is NCCCNC(=O)NCc1cccnc1. The van der Waals surface area contributed by atoms with Gasteiger partial charge in [-0.2, -0.15) is 0 Å². The first-order valence-electron chi connectivity index (χ1n) is 4.93. The second-order valence-electron chi connectivity index (χ2n) is 3.11. The summed E-state index contributed by atoms with van der Waals surface area (Å²) in [6.07, 6.45) is 4.21. The number of rotatable bonds is 5. The lowest BCUT2D eigenvalue weighted by Crippen LogP contribution is -2.36. The number of hydrogen-bond donors (Lipinski definition) is 3. The van der Waals surface area contributed by atoms with E-state index in [4.69, 9.17) is 5.73 Å². The van der Waals surface area contributed by atoms with Crippen LogP contribution in [0.3, 0.4) is 0 Å². The van der Waals surface area contributed by atoms with Crippen molar-refractivity contribution in [3.8, 4) is 0 Å². The van der Waals surface area contributed by atoms with E-state index in [1.165, 1.54) is 0 Å². The van der Waals surface area contributed by atoms with Gasteiger partial charge in [-0.05, 0) is 24.6 Å². The molecule has 1 rings (SSSR count). The number of nitrogens with two attached hydrogens (primary N) is 1. The molecule has 0 atom stereocenters. The number of amides is 2. The highest BCUT2D eigenvalue weighted by Gasteiger charge is 1.98. The second kappa shape index (κ2) is 6.78. The highest BCUT2D eigenvalue weighted by molar-refractivity contribution is 5.73. The summed E-state index contributed by atoms with van der Waals surface area (Å²) in [4.78, 5) is 15.2. The largest absolute Gasteiger partial charge is 0.338 e. The minimum absolute atomic E-state index is 0.174. The van der Waals surface area contributed by atoms with Gasteiger partial charge in [0.1, 0.15) is 0 Å². The molecule has 0 radical (unpaired) electrons. The minimum atomic E-state index is -0.174. The molecular formula is C10H16N4O. The van der Waals surface area contributed by atoms with Crippen LogP contribution in [0.4, 0.5) is 4.79 Å². The Kier molecular flexibility index (Phi) is 5.18. The summed E-state index contributed by atoms with van der Waals surface area (Å²) in [6, 6.07) is 3.57. The molecule has 0 saturated heterocycles. The smallest absolute Gasteiger partial charge is 0.315 e. The molecule has 0 aliphatic rings. The predicted molar refractivity (Wildman–Crippen MR) is 58.1 cm³/mol. The number of hydrogen-bond acceptors (Lipinski definition) is 3. The average Bonchev–Trinajstić information content (AvgIpc) is 2.28. The average molecular weight is 208 g/mol. The molecule has 1 heterocycles. The topological polar surface area (TPSA) is 80.0 Å². The third kappa shape index (κ3) is 4.97. The Morgan fingerprint density at radius 1 is 1.47 bits per heavy atom. The molecule has 0 aromatic carbocycles. The van der Waals surface area contributed by atoms with Crippen LogP contribution in [0.15, 0.2) is 24.5 Å². The van der Waals surface area contributed by atoms with E-state index in [9.17, 15) is 4.79 Å². The molecule has 1 aromatic rings. The molecule has 5 heteroatoms. The van der Waals surface area contributed by atoms with Crippen LogP contribution in [-0.4, -0.2) is 24.1 Å². The van der Waals surface area contributed by atoms with Crippen LogP contribution in [0, 0.1) is 0 Å². The quantitative estimate of drug-likeness (QED) is 0.606. The Labute approximate surface area is 89.1 Å². The van der Waals surface area contributed by atoms with E-state index in [1.54, 1.807) is 12.4 Å². The van der Waals surface area contributed by atoms with Crippen LogP contribution in [-0.2, 0) is 6.54 Å². The van der Waals surface area contributed by atoms with Crippen molar-refractivity contribution < 1.29 is 4.79 Å². The Morgan fingerprint density at radius 2 is 2.33 bits per heavy atom. The molecule has 0 fully saturated rings. The molecule has 5 nitrogen and oxygen atoms in total. The summed E-state index contributed by atoms with van der Waals surface area (Å²) in [7, 11) is 0. The zero-order chi connectivity index (χ0) is 10.9. The van der Waals surface area contributed by atoms with Gasteiger partial charge in [-0.1, -0.05) is 6.07 Å². The van der Waals surface area contributed by atoms with E-state index in [0.29, 0.717) is 19.6 Å². The molecule has 0 spiro atoms. The van der Waals surface area contributed by atoms with Gasteiger partial charge in [0.05, 0.1) is 0 Å². The maximum atomic E-state index is 11.2. The summed E-state index contributed by atoms with van der Waals surface area (Å²) < 4.78 is 0. The van der Waals surface area contributed by atoms with Gasteiger partial charge < -0.3 is 16.4 Å². The summed E-state index contributed by atoms with van der Waals surface area (Å²) in [5.41, 5.74) is 6.28. The molecule has 0 saturated carbocycles. The van der Waals surface area contributed by atoms with Crippen molar-refractivity contribution in [1.82, 2.24) is 15.6 Å². The number of nitrogens with zero attached hydrogens (tertiary/aromatic N) is 1. The minimum Gasteiger partial charge on any atom is -0.338 e. The zero-order valence-electron chi connectivity index (χ0n) is 8.57. The number of pyridine rings is 1. The van der Waals surface area contributed by atoms with Crippen LogP contribution in [0.25, 0.3) is 0 Å². The number of aromatic nitrogens is 1. The standard InChI is InChI=1S/C10H16N4O/c11-4-2-6-13-10(15)14-8-9-3-1-5-12-7-9/h1,3,5,7H,2,4,6,8,11H2,(H2,13,14,15). The third-order valence-corrected chi connectivity index (χ3v) is 1.84. The molecule has 0 aliphatic heterocycles. The molecule has 15 heavy (non-hydrogen) atoms. The van der Waals surface area contributed by atoms with Crippen LogP contribution < -0.4 is 16.4 Å². The first-order valence-corrected chi connectivity index (χ1v) is 4.93. The van der Waals surface area contributed by atoms with Gasteiger partial charge in [-0.15, -0.1) is 0 Å². The summed E-state index contributed by atoms with van der Waals surface area (Å²) in [6.45, 7) is 1.68. The highest BCUT2D eigenvalue weighted by atomic mass is 16.2. The van der Waals surface area contributed by atoms with E-state index in [1.807, 2.05) is 12.1 Å². The predicted octanol–water partition coefficient (Wildman–Crippen LogP) is 0.230.